The number of amides is 1. The predicted molar refractivity (Wildman–Crippen MR) is 152 cm³/mol. The summed E-state index contributed by atoms with van der Waals surface area (Å²) in [5.74, 6) is 1.18. The molecule has 0 unspecified atom stereocenters. The van der Waals surface area contributed by atoms with E-state index in [0.717, 1.165) is 35.6 Å². The van der Waals surface area contributed by atoms with Crippen LogP contribution in [-0.4, -0.2) is 27.3 Å². The lowest BCUT2D eigenvalue weighted by Crippen LogP contribution is -2.11. The first-order valence-electron chi connectivity index (χ1n) is 14.0. The molecule has 6 heteroatoms. The van der Waals surface area contributed by atoms with Gasteiger partial charge in [-0.3, -0.25) is 4.79 Å². The van der Waals surface area contributed by atoms with Gasteiger partial charge in [0, 0.05) is 17.7 Å². The number of carbonyl (C=O) groups excluding carboxylic acids is 1. The summed E-state index contributed by atoms with van der Waals surface area (Å²) in [5, 5.41) is 7.65. The monoisotopic (exact) mass is 504 g/mol. The average molecular weight is 505 g/mol. The number of aromatic nitrogens is 3. The van der Waals surface area contributed by atoms with Gasteiger partial charge in [0.05, 0.1) is 12.3 Å². The number of aryl methyl sites for hydroxylation is 1. The fourth-order valence-electron chi connectivity index (χ4n) is 4.17. The lowest BCUT2D eigenvalue weighted by Gasteiger charge is -2.09. The largest absolute Gasteiger partial charge is 0.462 e. The molecule has 0 aliphatic heterocycles. The highest BCUT2D eigenvalue weighted by atomic mass is 16.5. The molecule has 37 heavy (non-hydrogen) atoms. The number of benzene rings is 2. The summed E-state index contributed by atoms with van der Waals surface area (Å²) in [4.78, 5) is 17.1. The molecule has 0 bridgehead atoms. The topological polar surface area (TPSA) is 69.0 Å². The molecular formula is C31H44N4O2. The van der Waals surface area contributed by atoms with Gasteiger partial charge >= 0.3 is 6.01 Å². The van der Waals surface area contributed by atoms with Crippen molar-refractivity contribution in [3.8, 4) is 23.1 Å². The highest BCUT2D eigenvalue weighted by Crippen LogP contribution is 2.25. The van der Waals surface area contributed by atoms with E-state index in [0.29, 0.717) is 25.0 Å². The van der Waals surface area contributed by atoms with Crippen LogP contribution in [0.15, 0.2) is 48.5 Å². The molecule has 0 aliphatic rings. The molecule has 1 heterocycles. The average Bonchev–Trinajstić information content (AvgIpc) is 3.32. The maximum atomic E-state index is 12.4. The van der Waals surface area contributed by atoms with Crippen LogP contribution in [0, 0.1) is 12.8 Å². The van der Waals surface area contributed by atoms with Gasteiger partial charge in [-0.1, -0.05) is 102 Å². The van der Waals surface area contributed by atoms with Crippen molar-refractivity contribution < 1.29 is 9.53 Å². The molecule has 0 spiro atoms. The third-order valence-corrected chi connectivity index (χ3v) is 6.35. The van der Waals surface area contributed by atoms with Crippen molar-refractivity contribution in [2.75, 3.05) is 11.9 Å². The summed E-state index contributed by atoms with van der Waals surface area (Å²) >= 11 is 0. The minimum atomic E-state index is 0.0705. The SMILES string of the molecule is CCCCCCCCCCCC(=O)Nc1ccc(-n2nc(OCC(C)C)nc2-c2ccc(C)cc2)cc1. The Morgan fingerprint density at radius 1 is 0.892 bits per heavy atom. The van der Waals surface area contributed by atoms with E-state index in [9.17, 15) is 4.79 Å². The Morgan fingerprint density at radius 3 is 2.14 bits per heavy atom. The van der Waals surface area contributed by atoms with Gasteiger partial charge in [-0.05, 0) is 43.5 Å². The number of rotatable bonds is 16. The maximum absolute atomic E-state index is 12.4. The lowest BCUT2D eigenvalue weighted by atomic mass is 10.1. The Hall–Kier alpha value is -3.15. The van der Waals surface area contributed by atoms with E-state index in [1.165, 1.54) is 50.5 Å². The van der Waals surface area contributed by atoms with Crippen LogP contribution in [0.25, 0.3) is 17.1 Å². The summed E-state index contributed by atoms with van der Waals surface area (Å²) in [6.07, 6.45) is 11.8. The number of hydrogen-bond acceptors (Lipinski definition) is 4. The lowest BCUT2D eigenvalue weighted by molar-refractivity contribution is -0.116. The summed E-state index contributed by atoms with van der Waals surface area (Å²) < 4.78 is 7.62. The van der Waals surface area contributed by atoms with Crippen molar-refractivity contribution in [2.24, 2.45) is 5.92 Å². The smallest absolute Gasteiger partial charge is 0.336 e. The molecule has 0 radical (unpaired) electrons. The van der Waals surface area contributed by atoms with Crippen LogP contribution >= 0.6 is 0 Å². The van der Waals surface area contributed by atoms with Gasteiger partial charge in [0.2, 0.25) is 5.91 Å². The molecular weight excluding hydrogens is 460 g/mol. The highest BCUT2D eigenvalue weighted by Gasteiger charge is 2.15. The molecule has 0 fully saturated rings. The molecule has 0 saturated heterocycles. The Kier molecular flexibility index (Phi) is 11.7. The number of hydrogen-bond donors (Lipinski definition) is 1. The summed E-state index contributed by atoms with van der Waals surface area (Å²) in [5.41, 5.74) is 3.81. The molecule has 2 aromatic carbocycles. The van der Waals surface area contributed by atoms with Gasteiger partial charge in [-0.25, -0.2) is 4.68 Å². The van der Waals surface area contributed by atoms with Crippen LogP contribution < -0.4 is 10.1 Å². The number of ether oxygens (including phenoxy) is 1. The molecule has 0 saturated carbocycles. The maximum Gasteiger partial charge on any atom is 0.336 e. The van der Waals surface area contributed by atoms with E-state index in [-0.39, 0.29) is 5.91 Å². The summed E-state index contributed by atoms with van der Waals surface area (Å²) in [7, 11) is 0. The fraction of sp³-hybridized carbons (Fsp3) is 0.516. The minimum Gasteiger partial charge on any atom is -0.462 e. The third-order valence-electron chi connectivity index (χ3n) is 6.35. The van der Waals surface area contributed by atoms with Crippen molar-refractivity contribution in [1.82, 2.24) is 14.8 Å². The first-order valence-corrected chi connectivity index (χ1v) is 14.0. The Balaban J connectivity index is 1.55. The van der Waals surface area contributed by atoms with E-state index in [1.807, 2.05) is 36.4 Å². The molecule has 1 amide bonds. The second-order valence-corrected chi connectivity index (χ2v) is 10.4. The quantitative estimate of drug-likeness (QED) is 0.200. The van der Waals surface area contributed by atoms with Gasteiger partial charge in [0.1, 0.15) is 0 Å². The van der Waals surface area contributed by atoms with Crippen LogP contribution in [-0.2, 0) is 4.79 Å². The zero-order valence-corrected chi connectivity index (χ0v) is 23.1. The molecule has 0 atom stereocenters. The summed E-state index contributed by atoms with van der Waals surface area (Å²) in [6, 6.07) is 16.3. The normalized spacial score (nSPS) is 11.2. The van der Waals surface area contributed by atoms with Crippen LogP contribution in [0.2, 0.25) is 0 Å². The van der Waals surface area contributed by atoms with E-state index in [4.69, 9.17) is 4.74 Å². The van der Waals surface area contributed by atoms with Crippen LogP contribution in [0.1, 0.15) is 90.5 Å². The van der Waals surface area contributed by atoms with E-state index < -0.39 is 0 Å². The van der Waals surface area contributed by atoms with Crippen molar-refractivity contribution in [3.05, 3.63) is 54.1 Å². The number of carbonyl (C=O) groups is 1. The molecule has 1 N–H and O–H groups in total. The third kappa shape index (κ3) is 9.67. The van der Waals surface area contributed by atoms with Crippen molar-refractivity contribution in [2.45, 2.75) is 91.9 Å². The van der Waals surface area contributed by atoms with Gasteiger partial charge in [-0.15, -0.1) is 5.10 Å². The van der Waals surface area contributed by atoms with Gasteiger partial charge in [-0.2, -0.15) is 4.98 Å². The zero-order chi connectivity index (χ0) is 26.5. The molecule has 0 aliphatic carbocycles. The van der Waals surface area contributed by atoms with Crippen LogP contribution in [0.4, 0.5) is 5.69 Å². The van der Waals surface area contributed by atoms with E-state index in [1.54, 1.807) is 4.68 Å². The molecule has 200 valence electrons. The first kappa shape index (κ1) is 28.4. The molecule has 3 rings (SSSR count). The number of anilines is 1. The first-order chi connectivity index (χ1) is 18.0. The molecule has 1 aromatic heterocycles. The second kappa shape index (κ2) is 15.2. The van der Waals surface area contributed by atoms with Crippen molar-refractivity contribution in [3.63, 3.8) is 0 Å². The number of nitrogens with one attached hydrogen (secondary N) is 1. The Labute approximate surface area is 222 Å². The summed E-state index contributed by atoms with van der Waals surface area (Å²) in [6.45, 7) is 9.06. The number of unbranched alkanes of at least 4 members (excludes halogenated alkanes) is 8. The van der Waals surface area contributed by atoms with E-state index >= 15 is 0 Å². The predicted octanol–water partition coefficient (Wildman–Crippen LogP) is 8.14. The Bertz CT molecular complexity index is 1070. The standard InChI is InChI=1S/C31H44N4O2/c1-5-6-7-8-9-10-11-12-13-14-29(36)32-27-19-21-28(22-20-27)35-30(26-17-15-25(4)16-18-26)33-31(34-35)37-23-24(2)3/h15-22,24H,5-14,23H2,1-4H3,(H,32,36). The minimum absolute atomic E-state index is 0.0705. The number of nitrogens with zero attached hydrogens (tertiary/aromatic N) is 3. The molecule has 3 aromatic rings. The van der Waals surface area contributed by atoms with Gasteiger partial charge in [0.15, 0.2) is 5.82 Å². The Morgan fingerprint density at radius 2 is 1.51 bits per heavy atom. The highest BCUT2D eigenvalue weighted by molar-refractivity contribution is 5.90. The van der Waals surface area contributed by atoms with Crippen molar-refractivity contribution in [1.29, 1.82) is 0 Å². The fourth-order valence-corrected chi connectivity index (χ4v) is 4.17. The zero-order valence-electron chi connectivity index (χ0n) is 23.1. The van der Waals surface area contributed by atoms with Crippen LogP contribution in [0.3, 0.4) is 0 Å². The van der Waals surface area contributed by atoms with Crippen molar-refractivity contribution >= 4 is 11.6 Å². The second-order valence-electron chi connectivity index (χ2n) is 10.4. The van der Waals surface area contributed by atoms with Gasteiger partial charge < -0.3 is 10.1 Å². The van der Waals surface area contributed by atoms with Crippen LogP contribution in [0.5, 0.6) is 6.01 Å². The van der Waals surface area contributed by atoms with E-state index in [2.05, 4.69) is 55.2 Å². The van der Waals surface area contributed by atoms with Gasteiger partial charge in [0.25, 0.3) is 0 Å². The molecule has 6 nitrogen and oxygen atoms in total.